The van der Waals surface area contributed by atoms with Crippen LogP contribution in [0.5, 0.6) is 0 Å². The lowest BCUT2D eigenvalue weighted by molar-refractivity contribution is -0.137. The van der Waals surface area contributed by atoms with Crippen molar-refractivity contribution in [3.8, 4) is 0 Å². The second-order valence-electron chi connectivity index (χ2n) is 13.4. The second-order valence-corrected chi connectivity index (χ2v) is 13.4. The summed E-state index contributed by atoms with van der Waals surface area (Å²) in [6, 6.07) is 0. The molecule has 2 nitrogen and oxygen atoms in total. The SMILES string of the molecule is CCOC(=O)/C=C1\CC[C@@]2(C)[C@@H](CC[C@@H]3[C@@H]2CC[C@]2(C)[C@@H]([C@H](C)CCCC(C)C)CC[C@@H]32)C1. The Morgan fingerprint density at radius 2 is 1.76 bits per heavy atom. The van der Waals surface area contributed by atoms with Crippen molar-refractivity contribution in [2.45, 2.75) is 119 Å². The van der Waals surface area contributed by atoms with Crippen molar-refractivity contribution in [3.63, 3.8) is 0 Å². The van der Waals surface area contributed by atoms with Gasteiger partial charge in [0.15, 0.2) is 0 Å². The van der Waals surface area contributed by atoms with E-state index >= 15 is 0 Å². The van der Waals surface area contributed by atoms with Gasteiger partial charge in [-0.15, -0.1) is 0 Å². The molecule has 0 radical (unpaired) electrons. The minimum atomic E-state index is -0.127. The van der Waals surface area contributed by atoms with Crippen LogP contribution in [0.1, 0.15) is 119 Å². The molecule has 4 saturated carbocycles. The predicted octanol–water partition coefficient (Wildman–Crippen LogP) is 8.60. The standard InChI is InChI=1S/C31H52O2/c1-7-33-29(32)20-23-15-17-30(5)24(19-23)11-12-25-27-14-13-26(22(4)10-8-9-21(2)3)31(27,6)18-16-28(25)30/h20-22,24-28H,7-19H2,1-6H3/b23-20+/t22-,24+,25+,26-,27+,28+,30+,31-/m1/s1. The van der Waals surface area contributed by atoms with Gasteiger partial charge in [0.1, 0.15) is 0 Å². The van der Waals surface area contributed by atoms with Gasteiger partial charge in [0.25, 0.3) is 0 Å². The van der Waals surface area contributed by atoms with Crippen LogP contribution in [0.15, 0.2) is 11.6 Å². The van der Waals surface area contributed by atoms with Crippen molar-refractivity contribution in [1.29, 1.82) is 0 Å². The first-order valence-corrected chi connectivity index (χ1v) is 14.5. The van der Waals surface area contributed by atoms with E-state index in [1.54, 1.807) is 0 Å². The maximum Gasteiger partial charge on any atom is 0.330 e. The highest BCUT2D eigenvalue weighted by atomic mass is 16.5. The fourth-order valence-electron chi connectivity index (χ4n) is 9.61. The lowest BCUT2D eigenvalue weighted by Gasteiger charge is -2.61. The zero-order chi connectivity index (χ0) is 23.8. The Balaban J connectivity index is 1.43. The molecule has 4 aliphatic carbocycles. The molecule has 0 spiro atoms. The number of hydrogen-bond acceptors (Lipinski definition) is 2. The monoisotopic (exact) mass is 456 g/mol. The van der Waals surface area contributed by atoms with Gasteiger partial charge in [0, 0.05) is 6.08 Å². The van der Waals surface area contributed by atoms with Gasteiger partial charge in [-0.25, -0.2) is 4.79 Å². The van der Waals surface area contributed by atoms with Crippen LogP contribution in [0.3, 0.4) is 0 Å². The molecule has 0 bridgehead atoms. The largest absolute Gasteiger partial charge is 0.463 e. The maximum atomic E-state index is 12.0. The van der Waals surface area contributed by atoms with Crippen LogP contribution in [-0.4, -0.2) is 12.6 Å². The van der Waals surface area contributed by atoms with Crippen molar-refractivity contribution < 1.29 is 9.53 Å². The van der Waals surface area contributed by atoms with Crippen LogP contribution in [0.25, 0.3) is 0 Å². The van der Waals surface area contributed by atoms with Crippen LogP contribution in [0.4, 0.5) is 0 Å². The van der Waals surface area contributed by atoms with Gasteiger partial charge in [-0.05, 0) is 117 Å². The van der Waals surface area contributed by atoms with E-state index in [0.717, 1.165) is 54.3 Å². The third kappa shape index (κ3) is 4.84. The predicted molar refractivity (Wildman–Crippen MR) is 138 cm³/mol. The number of rotatable bonds is 7. The molecule has 8 atom stereocenters. The lowest BCUT2D eigenvalue weighted by Crippen LogP contribution is -2.53. The van der Waals surface area contributed by atoms with E-state index in [-0.39, 0.29) is 5.97 Å². The molecule has 0 aromatic heterocycles. The average Bonchev–Trinajstić information content (AvgIpc) is 3.11. The highest BCUT2D eigenvalue weighted by Crippen LogP contribution is 2.68. The van der Waals surface area contributed by atoms with E-state index in [1.807, 2.05) is 13.0 Å². The molecule has 2 heteroatoms. The van der Waals surface area contributed by atoms with Crippen molar-refractivity contribution >= 4 is 5.97 Å². The molecule has 0 N–H and O–H groups in total. The molecule has 4 aliphatic rings. The van der Waals surface area contributed by atoms with Crippen molar-refractivity contribution in [2.24, 2.45) is 52.3 Å². The molecular formula is C31H52O2. The number of esters is 1. The molecule has 4 fully saturated rings. The Kier molecular flexibility index (Phi) is 7.72. The molecule has 4 rings (SSSR count). The minimum absolute atomic E-state index is 0.127. The third-order valence-electron chi connectivity index (χ3n) is 11.4. The average molecular weight is 457 g/mol. The van der Waals surface area contributed by atoms with E-state index < -0.39 is 0 Å². The molecule has 0 saturated heterocycles. The van der Waals surface area contributed by atoms with Crippen molar-refractivity contribution in [2.75, 3.05) is 6.61 Å². The first-order chi connectivity index (χ1) is 15.7. The first kappa shape index (κ1) is 25.3. The minimum Gasteiger partial charge on any atom is -0.463 e. The summed E-state index contributed by atoms with van der Waals surface area (Å²) < 4.78 is 5.20. The van der Waals surface area contributed by atoms with Crippen LogP contribution >= 0.6 is 0 Å². The van der Waals surface area contributed by atoms with E-state index in [4.69, 9.17) is 4.74 Å². The topological polar surface area (TPSA) is 26.3 Å². The molecule has 0 heterocycles. The van der Waals surface area contributed by atoms with Gasteiger partial charge in [-0.2, -0.15) is 0 Å². The Hall–Kier alpha value is -0.790. The molecule has 33 heavy (non-hydrogen) atoms. The number of carbonyl (C=O) groups excluding carboxylic acids is 1. The molecule has 0 unspecified atom stereocenters. The van der Waals surface area contributed by atoms with Crippen LogP contribution < -0.4 is 0 Å². The summed E-state index contributed by atoms with van der Waals surface area (Å²) in [5, 5.41) is 0. The first-order valence-electron chi connectivity index (χ1n) is 14.5. The van der Waals surface area contributed by atoms with E-state index in [2.05, 4.69) is 34.6 Å². The summed E-state index contributed by atoms with van der Waals surface area (Å²) in [6.07, 6.45) is 18.3. The van der Waals surface area contributed by atoms with Gasteiger partial charge in [0.2, 0.25) is 0 Å². The number of allylic oxidation sites excluding steroid dienone is 1. The Labute approximate surface area is 204 Å². The van der Waals surface area contributed by atoms with Gasteiger partial charge in [-0.1, -0.05) is 59.5 Å². The van der Waals surface area contributed by atoms with Crippen molar-refractivity contribution in [1.82, 2.24) is 0 Å². The number of carbonyl (C=O) groups is 1. The van der Waals surface area contributed by atoms with Crippen LogP contribution in [0, 0.1) is 52.3 Å². The smallest absolute Gasteiger partial charge is 0.330 e. The Bertz CT molecular complexity index is 722. The Morgan fingerprint density at radius 1 is 1.00 bits per heavy atom. The molecule has 0 aromatic rings. The molecule has 188 valence electrons. The Morgan fingerprint density at radius 3 is 2.48 bits per heavy atom. The zero-order valence-electron chi connectivity index (χ0n) is 22.6. The molecule has 0 amide bonds. The summed E-state index contributed by atoms with van der Waals surface area (Å²) in [7, 11) is 0. The van der Waals surface area contributed by atoms with Gasteiger partial charge < -0.3 is 4.74 Å². The fraction of sp³-hybridized carbons (Fsp3) is 0.903. The highest BCUT2D eigenvalue weighted by molar-refractivity contribution is 5.82. The summed E-state index contributed by atoms with van der Waals surface area (Å²) in [6.45, 7) is 15.0. The van der Waals surface area contributed by atoms with Crippen molar-refractivity contribution in [3.05, 3.63) is 11.6 Å². The van der Waals surface area contributed by atoms with Gasteiger partial charge in [-0.3, -0.25) is 0 Å². The number of ether oxygens (including phenoxy) is 1. The normalized spacial score (nSPS) is 42.5. The third-order valence-corrected chi connectivity index (χ3v) is 11.4. The molecule has 0 aliphatic heterocycles. The summed E-state index contributed by atoms with van der Waals surface area (Å²) in [5.74, 6) is 6.16. The number of hydrogen-bond donors (Lipinski definition) is 0. The van der Waals surface area contributed by atoms with Gasteiger partial charge in [0.05, 0.1) is 6.61 Å². The summed E-state index contributed by atoms with van der Waals surface area (Å²) in [5.41, 5.74) is 2.42. The summed E-state index contributed by atoms with van der Waals surface area (Å²) >= 11 is 0. The van der Waals surface area contributed by atoms with Crippen LogP contribution in [0.2, 0.25) is 0 Å². The maximum absolute atomic E-state index is 12.0. The van der Waals surface area contributed by atoms with Gasteiger partial charge >= 0.3 is 5.97 Å². The molecular weight excluding hydrogens is 404 g/mol. The molecule has 0 aromatic carbocycles. The lowest BCUT2D eigenvalue weighted by atomic mass is 9.44. The van der Waals surface area contributed by atoms with E-state index in [0.29, 0.717) is 17.4 Å². The fourth-order valence-corrected chi connectivity index (χ4v) is 9.61. The quantitative estimate of drug-likeness (QED) is 0.283. The second kappa shape index (κ2) is 10.1. The van der Waals surface area contributed by atoms with E-state index in [1.165, 1.54) is 69.8 Å². The summed E-state index contributed by atoms with van der Waals surface area (Å²) in [4.78, 5) is 12.0. The van der Waals surface area contributed by atoms with E-state index in [9.17, 15) is 4.79 Å². The number of fused-ring (bicyclic) bond motifs is 5. The zero-order valence-corrected chi connectivity index (χ0v) is 22.6. The van der Waals surface area contributed by atoms with Crippen LogP contribution in [-0.2, 0) is 9.53 Å². The highest BCUT2D eigenvalue weighted by Gasteiger charge is 2.60.